The minimum atomic E-state index is -0.500. The number of carbonyl (C=O) groups is 2. The average Bonchev–Trinajstić information content (AvgIpc) is 3.15. The maximum absolute atomic E-state index is 12.7. The van der Waals surface area contributed by atoms with Crippen LogP contribution in [0.2, 0.25) is 0 Å². The Morgan fingerprint density at radius 2 is 1.79 bits per heavy atom. The second kappa shape index (κ2) is 9.54. The zero-order chi connectivity index (χ0) is 20.6. The molecule has 29 heavy (non-hydrogen) atoms. The number of amides is 2. The van der Waals surface area contributed by atoms with Crippen molar-refractivity contribution in [3.8, 4) is 5.75 Å². The van der Waals surface area contributed by atoms with Crippen molar-refractivity contribution in [1.82, 2.24) is 15.1 Å². The number of hydrogen-bond donors (Lipinski definition) is 3. The maximum Gasteiger partial charge on any atom is 0.251 e. The van der Waals surface area contributed by atoms with Crippen LogP contribution in [0.3, 0.4) is 0 Å². The Kier molecular flexibility index (Phi) is 6.63. The van der Waals surface area contributed by atoms with Crippen LogP contribution in [-0.4, -0.2) is 26.7 Å². The number of phenolic OH excluding ortho intramolecular Hbond substituents is 1. The van der Waals surface area contributed by atoms with Crippen molar-refractivity contribution in [3.63, 3.8) is 0 Å². The van der Waals surface area contributed by atoms with E-state index < -0.39 is 6.04 Å². The third-order valence-corrected chi connectivity index (χ3v) is 4.45. The number of nitrogens with one attached hydrogen (secondary N) is 2. The number of benzene rings is 2. The van der Waals surface area contributed by atoms with E-state index in [4.69, 9.17) is 0 Å². The predicted molar refractivity (Wildman–Crippen MR) is 111 cm³/mol. The molecule has 2 aromatic carbocycles. The van der Waals surface area contributed by atoms with Crippen LogP contribution in [0.1, 0.15) is 41.7 Å². The van der Waals surface area contributed by atoms with Crippen molar-refractivity contribution in [3.05, 3.63) is 78.0 Å². The molecule has 0 aliphatic carbocycles. The molecule has 0 saturated carbocycles. The van der Waals surface area contributed by atoms with Crippen LogP contribution in [0.15, 0.2) is 66.9 Å². The third-order valence-electron chi connectivity index (χ3n) is 4.45. The third kappa shape index (κ3) is 5.44. The number of hydrogen-bond acceptors (Lipinski definition) is 4. The predicted octanol–water partition coefficient (Wildman–Crippen LogP) is 3.50. The van der Waals surface area contributed by atoms with Gasteiger partial charge >= 0.3 is 0 Å². The first-order valence-corrected chi connectivity index (χ1v) is 9.53. The summed E-state index contributed by atoms with van der Waals surface area (Å²) in [6, 6.07) is 16.6. The number of anilines is 1. The van der Waals surface area contributed by atoms with E-state index in [0.717, 1.165) is 12.0 Å². The quantitative estimate of drug-likeness (QED) is 0.547. The molecule has 7 nitrogen and oxygen atoms in total. The van der Waals surface area contributed by atoms with Gasteiger partial charge in [-0.3, -0.25) is 9.59 Å². The molecule has 0 bridgehead atoms. The Bertz CT molecular complexity index is 952. The molecule has 0 spiro atoms. The summed E-state index contributed by atoms with van der Waals surface area (Å²) in [6.07, 6.45) is 2.62. The van der Waals surface area contributed by atoms with Crippen molar-refractivity contribution in [2.45, 2.75) is 32.4 Å². The highest BCUT2D eigenvalue weighted by Gasteiger charge is 2.20. The molecular weight excluding hydrogens is 368 g/mol. The van der Waals surface area contributed by atoms with Crippen molar-refractivity contribution in [2.24, 2.45) is 0 Å². The van der Waals surface area contributed by atoms with Gasteiger partial charge in [0.1, 0.15) is 11.6 Å². The van der Waals surface area contributed by atoms with E-state index in [1.54, 1.807) is 16.9 Å². The van der Waals surface area contributed by atoms with Crippen LogP contribution in [0.5, 0.6) is 5.75 Å². The fourth-order valence-electron chi connectivity index (χ4n) is 3.00. The SMILES string of the molecule is CCCn1nccc1NC(=O)CC(NC(=O)c1ccc(O)cc1)c1ccccc1. The summed E-state index contributed by atoms with van der Waals surface area (Å²) in [6.45, 7) is 2.75. The molecule has 0 saturated heterocycles. The lowest BCUT2D eigenvalue weighted by Gasteiger charge is -2.19. The van der Waals surface area contributed by atoms with E-state index in [0.29, 0.717) is 17.9 Å². The van der Waals surface area contributed by atoms with Crippen molar-refractivity contribution in [2.75, 3.05) is 5.32 Å². The Morgan fingerprint density at radius 3 is 2.48 bits per heavy atom. The summed E-state index contributed by atoms with van der Waals surface area (Å²) >= 11 is 0. The molecule has 3 N–H and O–H groups in total. The lowest BCUT2D eigenvalue weighted by molar-refractivity contribution is -0.116. The average molecular weight is 392 g/mol. The van der Waals surface area contributed by atoms with E-state index in [9.17, 15) is 14.7 Å². The van der Waals surface area contributed by atoms with Gasteiger partial charge in [-0.15, -0.1) is 0 Å². The van der Waals surface area contributed by atoms with Gasteiger partial charge in [-0.05, 0) is 36.2 Å². The second-order valence-corrected chi connectivity index (χ2v) is 6.68. The Morgan fingerprint density at radius 1 is 1.07 bits per heavy atom. The van der Waals surface area contributed by atoms with E-state index in [1.165, 1.54) is 24.3 Å². The number of phenols is 1. The van der Waals surface area contributed by atoms with E-state index in [1.807, 2.05) is 37.3 Å². The number of aryl methyl sites for hydroxylation is 1. The molecule has 150 valence electrons. The van der Waals surface area contributed by atoms with Crippen LogP contribution in [0, 0.1) is 0 Å². The molecule has 1 atom stereocenters. The standard InChI is InChI=1S/C22H24N4O3/c1-2-14-26-20(12-13-23-26)25-21(28)15-19(16-6-4-3-5-7-16)24-22(29)17-8-10-18(27)11-9-17/h3-13,19,27H,2,14-15H2,1H3,(H,24,29)(H,25,28). The van der Waals surface area contributed by atoms with Crippen molar-refractivity contribution < 1.29 is 14.7 Å². The van der Waals surface area contributed by atoms with Crippen LogP contribution in [0.4, 0.5) is 5.82 Å². The zero-order valence-corrected chi connectivity index (χ0v) is 16.2. The maximum atomic E-state index is 12.7. The van der Waals surface area contributed by atoms with Crippen LogP contribution >= 0.6 is 0 Å². The van der Waals surface area contributed by atoms with Gasteiger partial charge in [0, 0.05) is 18.2 Å². The lowest BCUT2D eigenvalue weighted by Crippen LogP contribution is -2.31. The summed E-state index contributed by atoms with van der Waals surface area (Å²) in [5, 5.41) is 19.4. The van der Waals surface area contributed by atoms with Gasteiger partial charge < -0.3 is 15.7 Å². The van der Waals surface area contributed by atoms with Gasteiger partial charge in [-0.2, -0.15) is 5.10 Å². The molecular formula is C22H24N4O3. The number of nitrogens with zero attached hydrogens (tertiary/aromatic N) is 2. The topological polar surface area (TPSA) is 96.3 Å². The first-order chi connectivity index (χ1) is 14.1. The molecule has 1 heterocycles. The molecule has 0 fully saturated rings. The molecule has 7 heteroatoms. The first kappa shape index (κ1) is 20.1. The fraction of sp³-hybridized carbons (Fsp3) is 0.227. The Hall–Kier alpha value is -3.61. The minimum absolute atomic E-state index is 0.0745. The number of rotatable bonds is 8. The van der Waals surface area contributed by atoms with Crippen LogP contribution in [-0.2, 0) is 11.3 Å². The molecule has 0 radical (unpaired) electrons. The summed E-state index contributed by atoms with van der Waals surface area (Å²) in [5.41, 5.74) is 1.24. The lowest BCUT2D eigenvalue weighted by atomic mass is 10.0. The molecule has 0 aliphatic rings. The molecule has 3 aromatic rings. The highest BCUT2D eigenvalue weighted by molar-refractivity contribution is 5.95. The van der Waals surface area contributed by atoms with Gasteiger partial charge in [0.15, 0.2) is 0 Å². The van der Waals surface area contributed by atoms with Crippen LogP contribution < -0.4 is 10.6 Å². The Labute approximate surface area is 169 Å². The largest absolute Gasteiger partial charge is 0.508 e. The van der Waals surface area contributed by atoms with Crippen molar-refractivity contribution in [1.29, 1.82) is 0 Å². The summed E-state index contributed by atoms with van der Waals surface area (Å²) in [4.78, 5) is 25.3. The zero-order valence-electron chi connectivity index (χ0n) is 16.2. The molecule has 1 aromatic heterocycles. The van der Waals surface area contributed by atoms with E-state index >= 15 is 0 Å². The summed E-state index contributed by atoms with van der Waals surface area (Å²) < 4.78 is 1.74. The number of carbonyl (C=O) groups excluding carboxylic acids is 2. The molecule has 2 amide bonds. The smallest absolute Gasteiger partial charge is 0.251 e. The molecule has 3 rings (SSSR count). The second-order valence-electron chi connectivity index (χ2n) is 6.68. The van der Waals surface area contributed by atoms with Gasteiger partial charge in [0.2, 0.25) is 5.91 Å². The minimum Gasteiger partial charge on any atom is -0.508 e. The van der Waals surface area contributed by atoms with E-state index in [2.05, 4.69) is 15.7 Å². The normalized spacial score (nSPS) is 11.6. The van der Waals surface area contributed by atoms with Gasteiger partial charge in [-0.1, -0.05) is 37.3 Å². The number of aromatic nitrogens is 2. The monoisotopic (exact) mass is 392 g/mol. The van der Waals surface area contributed by atoms with Crippen molar-refractivity contribution >= 4 is 17.6 Å². The summed E-state index contributed by atoms with van der Waals surface area (Å²) in [5.74, 6) is 0.183. The summed E-state index contributed by atoms with van der Waals surface area (Å²) in [7, 11) is 0. The first-order valence-electron chi connectivity index (χ1n) is 9.53. The fourth-order valence-corrected chi connectivity index (χ4v) is 3.00. The van der Waals surface area contributed by atoms with Gasteiger partial charge in [-0.25, -0.2) is 4.68 Å². The molecule has 1 unspecified atom stereocenters. The van der Waals surface area contributed by atoms with Gasteiger partial charge in [0.25, 0.3) is 5.91 Å². The molecule has 0 aliphatic heterocycles. The highest BCUT2D eigenvalue weighted by atomic mass is 16.3. The Balaban J connectivity index is 1.73. The van der Waals surface area contributed by atoms with E-state index in [-0.39, 0.29) is 24.0 Å². The van der Waals surface area contributed by atoms with Crippen LogP contribution in [0.25, 0.3) is 0 Å². The highest BCUT2D eigenvalue weighted by Crippen LogP contribution is 2.19. The van der Waals surface area contributed by atoms with Gasteiger partial charge in [0.05, 0.1) is 18.7 Å². The number of aromatic hydroxyl groups is 1.